The highest BCUT2D eigenvalue weighted by Gasteiger charge is 2.47. The molecule has 0 radical (unpaired) electrons. The van der Waals surface area contributed by atoms with Gasteiger partial charge in [0.2, 0.25) is 5.91 Å². The van der Waals surface area contributed by atoms with Crippen molar-refractivity contribution in [2.75, 3.05) is 6.54 Å². The molecule has 1 fully saturated rings. The van der Waals surface area contributed by atoms with Crippen LogP contribution in [0.2, 0.25) is 0 Å². The molecule has 1 saturated carbocycles. The Labute approximate surface area is 145 Å². The molecule has 0 aliphatic heterocycles. The fourth-order valence-corrected chi connectivity index (χ4v) is 3.52. The van der Waals surface area contributed by atoms with Gasteiger partial charge in [-0.1, -0.05) is 15.9 Å². The van der Waals surface area contributed by atoms with E-state index < -0.39 is 20.1 Å². The summed E-state index contributed by atoms with van der Waals surface area (Å²) in [6.07, 6.45) is 1.30. The standard InChI is InChI=1S/C14H19BrN2O3S.ClH/c1-13(2,9-17-12(18)14(16)7-8-14)21(19,20)11-5-3-10(15)4-6-11;/h3-6H,7-9,16H2,1-2H3,(H,17,18);1H. The molecule has 1 aliphatic carbocycles. The molecule has 3 N–H and O–H groups in total. The molecule has 5 nitrogen and oxygen atoms in total. The molecule has 1 aromatic carbocycles. The normalized spacial score (nSPS) is 16.5. The van der Waals surface area contributed by atoms with Crippen molar-refractivity contribution in [2.24, 2.45) is 5.73 Å². The van der Waals surface area contributed by atoms with Gasteiger partial charge in [-0.05, 0) is 51.0 Å². The van der Waals surface area contributed by atoms with Crippen LogP contribution < -0.4 is 11.1 Å². The lowest BCUT2D eigenvalue weighted by atomic mass is 10.2. The van der Waals surface area contributed by atoms with Crippen LogP contribution in [-0.4, -0.2) is 31.2 Å². The van der Waals surface area contributed by atoms with Gasteiger partial charge in [0.1, 0.15) is 0 Å². The average Bonchev–Trinajstić information content (AvgIpc) is 3.16. The summed E-state index contributed by atoms with van der Waals surface area (Å²) >= 11 is 3.28. The minimum absolute atomic E-state index is 0. The Balaban J connectivity index is 0.00000242. The molecule has 0 bridgehead atoms. The first-order valence-electron chi connectivity index (χ1n) is 6.66. The van der Waals surface area contributed by atoms with Gasteiger partial charge in [0.05, 0.1) is 15.2 Å². The molecule has 22 heavy (non-hydrogen) atoms. The number of sulfone groups is 1. The first-order valence-corrected chi connectivity index (χ1v) is 8.94. The third-order valence-electron chi connectivity index (χ3n) is 3.77. The lowest BCUT2D eigenvalue weighted by molar-refractivity contribution is -0.123. The third kappa shape index (κ3) is 3.82. The molecule has 0 heterocycles. The van der Waals surface area contributed by atoms with Crippen LogP contribution in [0.3, 0.4) is 0 Å². The Morgan fingerprint density at radius 3 is 2.27 bits per heavy atom. The summed E-state index contributed by atoms with van der Waals surface area (Å²) in [7, 11) is -3.55. The Morgan fingerprint density at radius 2 is 1.82 bits per heavy atom. The van der Waals surface area contributed by atoms with E-state index in [0.29, 0.717) is 12.8 Å². The van der Waals surface area contributed by atoms with Gasteiger partial charge >= 0.3 is 0 Å². The van der Waals surface area contributed by atoms with E-state index in [0.717, 1.165) is 4.47 Å². The van der Waals surface area contributed by atoms with Crippen LogP contribution in [0.5, 0.6) is 0 Å². The number of hydrogen-bond donors (Lipinski definition) is 2. The third-order valence-corrected chi connectivity index (χ3v) is 6.79. The topological polar surface area (TPSA) is 89.3 Å². The van der Waals surface area contributed by atoms with Crippen LogP contribution in [0.1, 0.15) is 26.7 Å². The molecule has 2 rings (SSSR count). The average molecular weight is 412 g/mol. The maximum absolute atomic E-state index is 12.6. The van der Waals surface area contributed by atoms with E-state index >= 15 is 0 Å². The highest BCUT2D eigenvalue weighted by Crippen LogP contribution is 2.32. The lowest BCUT2D eigenvalue weighted by Crippen LogP contribution is -2.50. The largest absolute Gasteiger partial charge is 0.353 e. The Kier molecular flexibility index (Phi) is 5.71. The van der Waals surface area contributed by atoms with Crippen LogP contribution in [-0.2, 0) is 14.6 Å². The number of carbonyl (C=O) groups is 1. The Bertz CT molecular complexity index is 655. The molecular formula is C14H20BrClN2O3S. The van der Waals surface area contributed by atoms with Gasteiger partial charge in [0.15, 0.2) is 9.84 Å². The van der Waals surface area contributed by atoms with E-state index in [1.807, 2.05) is 0 Å². The van der Waals surface area contributed by atoms with Crippen molar-refractivity contribution in [3.8, 4) is 0 Å². The minimum Gasteiger partial charge on any atom is -0.353 e. The van der Waals surface area contributed by atoms with Crippen LogP contribution >= 0.6 is 28.3 Å². The molecule has 124 valence electrons. The molecule has 1 aromatic rings. The van der Waals surface area contributed by atoms with E-state index in [4.69, 9.17) is 5.73 Å². The molecule has 0 saturated heterocycles. The second kappa shape index (κ2) is 6.47. The second-order valence-electron chi connectivity index (χ2n) is 6.06. The van der Waals surface area contributed by atoms with Gasteiger partial charge in [-0.15, -0.1) is 12.4 Å². The smallest absolute Gasteiger partial charge is 0.240 e. The fourth-order valence-electron chi connectivity index (χ4n) is 1.86. The van der Waals surface area contributed by atoms with Gasteiger partial charge in [-0.2, -0.15) is 0 Å². The number of amides is 1. The Morgan fingerprint density at radius 1 is 1.32 bits per heavy atom. The summed E-state index contributed by atoms with van der Waals surface area (Å²) < 4.78 is 25.0. The van der Waals surface area contributed by atoms with Crippen molar-refractivity contribution >= 4 is 44.1 Å². The van der Waals surface area contributed by atoms with Crippen molar-refractivity contribution in [2.45, 2.75) is 41.9 Å². The number of halogens is 2. The van der Waals surface area contributed by atoms with Crippen LogP contribution in [0.25, 0.3) is 0 Å². The molecule has 0 atom stereocenters. The van der Waals surface area contributed by atoms with E-state index in [1.165, 1.54) is 0 Å². The maximum atomic E-state index is 12.6. The van der Waals surface area contributed by atoms with Crippen molar-refractivity contribution in [3.63, 3.8) is 0 Å². The van der Waals surface area contributed by atoms with Gasteiger partial charge in [-0.25, -0.2) is 8.42 Å². The lowest BCUT2D eigenvalue weighted by Gasteiger charge is -2.26. The van der Waals surface area contributed by atoms with Crippen molar-refractivity contribution in [1.82, 2.24) is 5.32 Å². The predicted octanol–water partition coefficient (Wildman–Crippen LogP) is 2.03. The predicted molar refractivity (Wildman–Crippen MR) is 91.8 cm³/mol. The molecule has 0 unspecified atom stereocenters. The number of carbonyl (C=O) groups excluding carboxylic acids is 1. The molecular weight excluding hydrogens is 392 g/mol. The summed E-state index contributed by atoms with van der Waals surface area (Å²) in [6, 6.07) is 6.46. The highest BCUT2D eigenvalue weighted by molar-refractivity contribution is 9.10. The fraction of sp³-hybridized carbons (Fsp3) is 0.500. The summed E-state index contributed by atoms with van der Waals surface area (Å²) in [5.74, 6) is -0.276. The summed E-state index contributed by atoms with van der Waals surface area (Å²) in [5.41, 5.74) is 5.00. The van der Waals surface area contributed by atoms with Gasteiger partial charge in [0.25, 0.3) is 0 Å². The zero-order valence-corrected chi connectivity index (χ0v) is 15.6. The SMILES string of the molecule is CC(C)(CNC(=O)C1(N)CC1)S(=O)(=O)c1ccc(Br)cc1.Cl. The van der Waals surface area contributed by atoms with Crippen molar-refractivity contribution in [1.29, 1.82) is 0 Å². The number of hydrogen-bond acceptors (Lipinski definition) is 4. The summed E-state index contributed by atoms with van der Waals surface area (Å²) in [5, 5.41) is 2.66. The minimum atomic E-state index is -3.55. The number of benzene rings is 1. The number of rotatable bonds is 5. The number of nitrogens with one attached hydrogen (secondary N) is 1. The molecule has 0 spiro atoms. The Hall–Kier alpha value is -0.630. The molecule has 0 aromatic heterocycles. The second-order valence-corrected chi connectivity index (χ2v) is 9.55. The van der Waals surface area contributed by atoms with E-state index in [9.17, 15) is 13.2 Å². The zero-order valence-electron chi connectivity index (χ0n) is 12.4. The highest BCUT2D eigenvalue weighted by atomic mass is 79.9. The monoisotopic (exact) mass is 410 g/mol. The van der Waals surface area contributed by atoms with Crippen LogP contribution in [0.15, 0.2) is 33.6 Å². The van der Waals surface area contributed by atoms with E-state index in [2.05, 4.69) is 21.2 Å². The van der Waals surface area contributed by atoms with Gasteiger partial charge in [-0.3, -0.25) is 4.79 Å². The summed E-state index contributed by atoms with van der Waals surface area (Å²) in [6.45, 7) is 3.23. The molecule has 8 heteroatoms. The summed E-state index contributed by atoms with van der Waals surface area (Å²) in [4.78, 5) is 12.1. The number of nitrogens with two attached hydrogens (primary N) is 1. The van der Waals surface area contributed by atoms with E-state index in [1.54, 1.807) is 38.1 Å². The van der Waals surface area contributed by atoms with Gasteiger partial charge in [0, 0.05) is 11.0 Å². The van der Waals surface area contributed by atoms with Gasteiger partial charge < -0.3 is 11.1 Å². The van der Waals surface area contributed by atoms with Crippen LogP contribution in [0, 0.1) is 0 Å². The van der Waals surface area contributed by atoms with E-state index in [-0.39, 0.29) is 29.8 Å². The molecule has 1 aliphatic rings. The molecule has 1 amide bonds. The van der Waals surface area contributed by atoms with Crippen LogP contribution in [0.4, 0.5) is 0 Å². The zero-order chi connectivity index (χ0) is 15.9. The first kappa shape index (κ1) is 19.4. The quantitative estimate of drug-likeness (QED) is 0.776. The van der Waals surface area contributed by atoms with Crippen molar-refractivity contribution in [3.05, 3.63) is 28.7 Å². The first-order chi connectivity index (χ1) is 9.58. The maximum Gasteiger partial charge on any atom is 0.240 e. The van der Waals surface area contributed by atoms with Crippen molar-refractivity contribution < 1.29 is 13.2 Å².